The van der Waals surface area contributed by atoms with E-state index in [4.69, 9.17) is 9.41 Å². The summed E-state index contributed by atoms with van der Waals surface area (Å²) >= 11 is 0. The Kier molecular flexibility index (Phi) is 6.61. The molecule has 9 rings (SSSR count). The van der Waals surface area contributed by atoms with Crippen LogP contribution < -0.4 is 0 Å². The van der Waals surface area contributed by atoms with Crippen LogP contribution in [0.1, 0.15) is 55.4 Å². The molecule has 1 aliphatic heterocycles. The van der Waals surface area contributed by atoms with Gasteiger partial charge in [-0.05, 0) is 85.3 Å². The van der Waals surface area contributed by atoms with E-state index in [-0.39, 0.29) is 5.41 Å². The van der Waals surface area contributed by atoms with Gasteiger partial charge < -0.3 is 8.98 Å². The molecule has 2 atom stereocenters. The van der Waals surface area contributed by atoms with Crippen LogP contribution in [0.15, 0.2) is 149 Å². The lowest BCUT2D eigenvalue weighted by atomic mass is 9.63. The van der Waals surface area contributed by atoms with Crippen LogP contribution in [0, 0.1) is 11.3 Å². The highest BCUT2D eigenvalue weighted by molar-refractivity contribution is 6.21. The van der Waals surface area contributed by atoms with Crippen molar-refractivity contribution in [1.29, 1.82) is 5.26 Å². The third-order valence-corrected chi connectivity index (χ3v) is 10.9. The van der Waals surface area contributed by atoms with Gasteiger partial charge in [0.1, 0.15) is 5.58 Å². The molecule has 3 heterocycles. The van der Waals surface area contributed by atoms with E-state index in [1.54, 1.807) is 0 Å². The second-order valence-electron chi connectivity index (χ2n) is 13.7. The Bertz CT molecular complexity index is 2620. The number of aromatic nitrogens is 1. The van der Waals surface area contributed by atoms with Gasteiger partial charge in [0, 0.05) is 38.4 Å². The second-order valence-corrected chi connectivity index (χ2v) is 13.7. The first kappa shape index (κ1) is 29.2. The molecule has 0 fully saturated rings. The Morgan fingerprint density at radius 3 is 2.24 bits per heavy atom. The maximum atomic E-state index is 9.74. The van der Waals surface area contributed by atoms with Gasteiger partial charge in [0.25, 0.3) is 0 Å². The molecule has 2 aromatic heterocycles. The van der Waals surface area contributed by atoms with E-state index in [1.807, 2.05) is 30.3 Å². The van der Waals surface area contributed by atoms with Gasteiger partial charge in [0.2, 0.25) is 0 Å². The molecule has 0 radical (unpaired) electrons. The zero-order chi connectivity index (χ0) is 33.2. The summed E-state index contributed by atoms with van der Waals surface area (Å²) in [4.78, 5) is 5.54. The molecule has 8 aromatic rings. The number of nitriles is 1. The summed E-state index contributed by atoms with van der Waals surface area (Å²) < 4.78 is 8.92. The van der Waals surface area contributed by atoms with Crippen LogP contribution in [0.4, 0.5) is 0 Å². The highest BCUT2D eigenvalue weighted by Gasteiger charge is 2.44. The highest BCUT2D eigenvalue weighted by Crippen LogP contribution is 2.49. The first-order valence-corrected chi connectivity index (χ1v) is 17.1. The lowest BCUT2D eigenvalue weighted by Crippen LogP contribution is -2.42. The molecule has 4 nitrogen and oxygen atoms in total. The molecule has 6 aromatic carbocycles. The third kappa shape index (κ3) is 4.54. The van der Waals surface area contributed by atoms with Gasteiger partial charge in [-0.1, -0.05) is 104 Å². The first-order chi connectivity index (χ1) is 24.0. The lowest BCUT2D eigenvalue weighted by Gasteiger charge is -2.45. The van der Waals surface area contributed by atoms with E-state index >= 15 is 0 Å². The van der Waals surface area contributed by atoms with E-state index in [9.17, 15) is 5.26 Å². The lowest BCUT2D eigenvalue weighted by molar-refractivity contribution is 0.274. The number of furan rings is 1. The van der Waals surface area contributed by atoms with Crippen molar-refractivity contribution in [2.24, 2.45) is 4.99 Å². The van der Waals surface area contributed by atoms with E-state index in [1.165, 1.54) is 16.3 Å². The monoisotopic (exact) mass is 633 g/mol. The molecule has 236 valence electrons. The predicted molar refractivity (Wildman–Crippen MR) is 201 cm³/mol. The highest BCUT2D eigenvalue weighted by atomic mass is 16.3. The zero-order valence-corrected chi connectivity index (χ0v) is 27.7. The Morgan fingerprint density at radius 1 is 0.735 bits per heavy atom. The fourth-order valence-corrected chi connectivity index (χ4v) is 8.43. The molecule has 0 saturated carbocycles. The predicted octanol–water partition coefficient (Wildman–Crippen LogP) is 11.4. The van der Waals surface area contributed by atoms with Crippen LogP contribution >= 0.6 is 0 Å². The summed E-state index contributed by atoms with van der Waals surface area (Å²) in [5, 5.41) is 14.4. The van der Waals surface area contributed by atoms with E-state index in [0.29, 0.717) is 5.56 Å². The van der Waals surface area contributed by atoms with Crippen LogP contribution in [0.3, 0.4) is 0 Å². The SMILES string of the molecule is CC[C@]1(c2ccccc2)CC(c2ccc(-n3c4ccccc4c4ccc5c6ccccc6oc5c43)cc2)=NC(C)(c2cccc(C#N)c2)C1. The van der Waals surface area contributed by atoms with E-state index in [2.05, 4.69) is 134 Å². The zero-order valence-electron chi connectivity index (χ0n) is 27.7. The second kappa shape index (κ2) is 11.1. The maximum absolute atomic E-state index is 9.74. The summed E-state index contributed by atoms with van der Waals surface area (Å²) in [6.45, 7) is 4.53. The Hall–Kier alpha value is -5.92. The quantitative estimate of drug-likeness (QED) is 0.189. The normalized spacial score (nSPS) is 19.4. The topological polar surface area (TPSA) is 54.2 Å². The van der Waals surface area contributed by atoms with Gasteiger partial charge in [-0.15, -0.1) is 0 Å². The van der Waals surface area contributed by atoms with Crippen LogP contribution in [0.25, 0.3) is 49.4 Å². The van der Waals surface area contributed by atoms with Crippen LogP contribution in [0.2, 0.25) is 0 Å². The van der Waals surface area contributed by atoms with E-state index < -0.39 is 5.54 Å². The van der Waals surface area contributed by atoms with Gasteiger partial charge in [0.05, 0.1) is 28.2 Å². The number of hydrogen-bond acceptors (Lipinski definition) is 3. The number of fused-ring (bicyclic) bond motifs is 7. The van der Waals surface area contributed by atoms with Crippen molar-refractivity contribution in [2.75, 3.05) is 0 Å². The smallest absolute Gasteiger partial charge is 0.160 e. The van der Waals surface area contributed by atoms with Crippen LogP contribution in [-0.2, 0) is 11.0 Å². The number of para-hydroxylation sites is 2. The van der Waals surface area contributed by atoms with Crippen molar-refractivity contribution in [3.63, 3.8) is 0 Å². The number of aliphatic imine (C=N–C) groups is 1. The van der Waals surface area contributed by atoms with Crippen LogP contribution in [0.5, 0.6) is 0 Å². The van der Waals surface area contributed by atoms with Crippen molar-refractivity contribution in [1.82, 2.24) is 4.57 Å². The van der Waals surface area contributed by atoms with Crippen molar-refractivity contribution in [3.8, 4) is 11.8 Å². The molecular weight excluding hydrogens is 599 g/mol. The molecule has 0 aliphatic carbocycles. The fourth-order valence-electron chi connectivity index (χ4n) is 8.43. The molecule has 0 spiro atoms. The molecule has 49 heavy (non-hydrogen) atoms. The minimum absolute atomic E-state index is 0.103. The minimum atomic E-state index is -0.495. The molecule has 4 heteroatoms. The van der Waals surface area contributed by atoms with Crippen LogP contribution in [-0.4, -0.2) is 10.3 Å². The average molecular weight is 634 g/mol. The number of benzene rings is 6. The van der Waals surface area contributed by atoms with Gasteiger partial charge in [-0.3, -0.25) is 4.99 Å². The van der Waals surface area contributed by atoms with E-state index in [0.717, 1.165) is 74.8 Å². The third-order valence-electron chi connectivity index (χ3n) is 10.9. The molecule has 0 N–H and O–H groups in total. The molecule has 0 saturated heterocycles. The Morgan fingerprint density at radius 2 is 1.45 bits per heavy atom. The first-order valence-electron chi connectivity index (χ1n) is 17.1. The molecular formula is C45H35N3O. The Labute approximate surface area is 285 Å². The van der Waals surface area contributed by atoms with Crippen molar-refractivity contribution >= 4 is 49.5 Å². The van der Waals surface area contributed by atoms with Gasteiger partial charge >= 0.3 is 0 Å². The molecule has 0 bridgehead atoms. The molecule has 1 aliphatic rings. The minimum Gasteiger partial charge on any atom is -0.454 e. The van der Waals surface area contributed by atoms with Crippen molar-refractivity contribution in [2.45, 2.75) is 44.1 Å². The summed E-state index contributed by atoms with van der Waals surface area (Å²) in [5.74, 6) is 0. The average Bonchev–Trinajstić information content (AvgIpc) is 3.71. The number of nitrogens with zero attached hydrogens (tertiary/aromatic N) is 3. The van der Waals surface area contributed by atoms with Crippen molar-refractivity contribution in [3.05, 3.63) is 162 Å². The summed E-state index contributed by atoms with van der Waals surface area (Å²) in [6, 6.07) is 51.5. The largest absolute Gasteiger partial charge is 0.454 e. The summed E-state index contributed by atoms with van der Waals surface area (Å²) in [5.41, 5.74) is 9.80. The van der Waals surface area contributed by atoms with Crippen molar-refractivity contribution < 1.29 is 4.42 Å². The Balaban J connectivity index is 1.22. The summed E-state index contributed by atoms with van der Waals surface area (Å²) in [6.07, 6.45) is 2.69. The summed E-state index contributed by atoms with van der Waals surface area (Å²) in [7, 11) is 0. The maximum Gasteiger partial charge on any atom is 0.160 e. The number of hydrogen-bond donors (Lipinski definition) is 0. The molecule has 0 amide bonds. The standard InChI is InChI=1S/C45H35N3O/c1-3-45(32-13-5-4-6-14-32)27-39(47-44(2,29-45)33-15-11-12-30(26-33)28-46)31-20-22-34(23-21-31)48-40-18-9-7-16-35(40)37-24-25-38-36-17-8-10-19-41(36)49-43(38)42(37)48/h4-26H,3,27,29H2,1-2H3/t44?,45-/m0/s1. The van der Waals surface area contributed by atoms with Gasteiger partial charge in [0.15, 0.2) is 5.58 Å². The fraction of sp³-hybridized carbons (Fsp3) is 0.156. The van der Waals surface area contributed by atoms with Gasteiger partial charge in [-0.2, -0.15) is 5.26 Å². The molecule has 1 unspecified atom stereocenters. The van der Waals surface area contributed by atoms with Gasteiger partial charge in [-0.25, -0.2) is 0 Å². The number of rotatable bonds is 5.